The lowest BCUT2D eigenvalue weighted by atomic mass is 10.2. The van der Waals surface area contributed by atoms with Crippen LogP contribution in [-0.2, 0) is 15.8 Å². The Bertz CT molecular complexity index is 492. The monoisotopic (exact) mass is 254 g/mol. The Balaban J connectivity index is 2.79. The van der Waals surface area contributed by atoms with E-state index in [2.05, 4.69) is 6.58 Å². The van der Waals surface area contributed by atoms with Gasteiger partial charge in [-0.15, -0.1) is 0 Å². The number of nitrogens with zero attached hydrogens (tertiary/aromatic N) is 1. The lowest BCUT2D eigenvalue weighted by Gasteiger charge is -2.17. The quantitative estimate of drug-likeness (QED) is 0.641. The first-order valence-corrected chi connectivity index (χ1v) is 6.85. The first-order valence-electron chi connectivity index (χ1n) is 5.24. The van der Waals surface area contributed by atoms with E-state index in [1.807, 2.05) is 0 Å². The molecule has 0 fully saturated rings. The Kier molecular flexibility index (Phi) is 4.31. The number of likely N-dealkylation sites (N-methyl/N-ethyl adjacent to an activating group) is 1. The molecule has 1 aromatic rings. The minimum atomic E-state index is -3.29. The molecule has 5 heteroatoms. The Morgan fingerprint density at radius 3 is 2.35 bits per heavy atom. The van der Waals surface area contributed by atoms with Crippen molar-refractivity contribution >= 4 is 15.7 Å². The summed E-state index contributed by atoms with van der Waals surface area (Å²) < 4.78 is 25.3. The van der Waals surface area contributed by atoms with Gasteiger partial charge in [0.05, 0.1) is 5.75 Å². The maximum Gasteiger partial charge on any atom is 0.218 e. The molecule has 94 valence electrons. The van der Waals surface area contributed by atoms with Gasteiger partial charge in [-0.1, -0.05) is 24.3 Å². The molecule has 1 aromatic carbocycles. The maximum absolute atomic E-state index is 12.0. The Labute approximate surface area is 103 Å². The number of hydrogen-bond donors (Lipinski definition) is 1. The van der Waals surface area contributed by atoms with E-state index in [0.29, 0.717) is 12.2 Å². The van der Waals surface area contributed by atoms with Crippen molar-refractivity contribution in [2.45, 2.75) is 12.7 Å². The third kappa shape index (κ3) is 4.20. The highest BCUT2D eigenvalue weighted by atomic mass is 32.2. The third-order valence-corrected chi connectivity index (χ3v) is 4.07. The van der Waals surface area contributed by atoms with Crippen LogP contribution in [-0.4, -0.2) is 26.3 Å². The van der Waals surface area contributed by atoms with Gasteiger partial charge in [-0.25, -0.2) is 12.7 Å². The molecule has 0 bridgehead atoms. The summed E-state index contributed by atoms with van der Waals surface area (Å²) in [5.74, 6) is -0.0168. The molecular formula is C12H18N2O2S. The largest absolute Gasteiger partial charge is 0.399 e. The molecule has 0 atom stereocenters. The van der Waals surface area contributed by atoms with Gasteiger partial charge in [-0.2, -0.15) is 0 Å². The van der Waals surface area contributed by atoms with E-state index in [1.165, 1.54) is 4.31 Å². The molecule has 0 saturated carbocycles. The highest BCUT2D eigenvalue weighted by Gasteiger charge is 2.18. The van der Waals surface area contributed by atoms with Gasteiger partial charge in [0.2, 0.25) is 10.0 Å². The van der Waals surface area contributed by atoms with Gasteiger partial charge in [0.25, 0.3) is 0 Å². The molecule has 0 amide bonds. The van der Waals surface area contributed by atoms with Crippen molar-refractivity contribution in [2.24, 2.45) is 0 Å². The second-order valence-electron chi connectivity index (χ2n) is 4.21. The smallest absolute Gasteiger partial charge is 0.218 e. The highest BCUT2D eigenvalue weighted by molar-refractivity contribution is 7.88. The van der Waals surface area contributed by atoms with Crippen molar-refractivity contribution < 1.29 is 8.42 Å². The number of benzene rings is 1. The SMILES string of the molecule is C=C(C)CN(C)S(=O)(=O)Cc1ccc(N)cc1. The number of hydrogen-bond acceptors (Lipinski definition) is 3. The fourth-order valence-corrected chi connectivity index (χ4v) is 2.66. The number of sulfonamides is 1. The van der Waals surface area contributed by atoms with E-state index in [0.717, 1.165) is 11.1 Å². The Hall–Kier alpha value is -1.33. The van der Waals surface area contributed by atoms with Crippen LogP contribution in [0.3, 0.4) is 0 Å². The molecule has 0 radical (unpaired) electrons. The summed E-state index contributed by atoms with van der Waals surface area (Å²) in [5.41, 5.74) is 7.71. The lowest BCUT2D eigenvalue weighted by Crippen LogP contribution is -2.29. The van der Waals surface area contributed by atoms with Gasteiger partial charge in [0.1, 0.15) is 0 Å². The highest BCUT2D eigenvalue weighted by Crippen LogP contribution is 2.12. The van der Waals surface area contributed by atoms with E-state index in [-0.39, 0.29) is 5.75 Å². The maximum atomic E-state index is 12.0. The average Bonchev–Trinajstić information content (AvgIpc) is 2.20. The summed E-state index contributed by atoms with van der Waals surface area (Å²) in [5, 5.41) is 0. The molecule has 0 spiro atoms. The first-order chi connectivity index (χ1) is 7.81. The van der Waals surface area contributed by atoms with Gasteiger partial charge < -0.3 is 5.73 Å². The van der Waals surface area contributed by atoms with E-state index in [9.17, 15) is 8.42 Å². The third-order valence-electron chi connectivity index (χ3n) is 2.30. The molecule has 0 aliphatic rings. The summed E-state index contributed by atoms with van der Waals surface area (Å²) in [4.78, 5) is 0. The van der Waals surface area contributed by atoms with Crippen LogP contribution in [0.1, 0.15) is 12.5 Å². The van der Waals surface area contributed by atoms with Crippen LogP contribution in [0.25, 0.3) is 0 Å². The van der Waals surface area contributed by atoms with Crippen LogP contribution < -0.4 is 5.73 Å². The zero-order chi connectivity index (χ0) is 13.1. The normalized spacial score (nSPS) is 11.7. The average molecular weight is 254 g/mol. The lowest BCUT2D eigenvalue weighted by molar-refractivity contribution is 0.492. The first kappa shape index (κ1) is 13.7. The van der Waals surface area contributed by atoms with Crippen molar-refractivity contribution in [1.82, 2.24) is 4.31 Å². The van der Waals surface area contributed by atoms with Gasteiger partial charge in [0, 0.05) is 19.3 Å². The molecule has 4 nitrogen and oxygen atoms in total. The molecule has 0 aromatic heterocycles. The minimum Gasteiger partial charge on any atom is -0.399 e. The Morgan fingerprint density at radius 2 is 1.88 bits per heavy atom. The van der Waals surface area contributed by atoms with E-state index in [4.69, 9.17) is 5.73 Å². The molecule has 17 heavy (non-hydrogen) atoms. The van der Waals surface area contributed by atoms with E-state index < -0.39 is 10.0 Å². The number of nitrogen functional groups attached to an aromatic ring is 1. The summed E-state index contributed by atoms with van der Waals surface area (Å²) >= 11 is 0. The Morgan fingerprint density at radius 1 is 1.35 bits per heavy atom. The molecule has 0 aliphatic heterocycles. The minimum absolute atomic E-state index is 0.0168. The van der Waals surface area contributed by atoms with Crippen LogP contribution in [0.4, 0.5) is 5.69 Å². The predicted octanol–water partition coefficient (Wildman–Crippen LogP) is 1.61. The predicted molar refractivity (Wildman–Crippen MR) is 70.9 cm³/mol. The molecule has 0 saturated heterocycles. The van der Waals surface area contributed by atoms with Crippen molar-refractivity contribution in [2.75, 3.05) is 19.3 Å². The van der Waals surface area contributed by atoms with Gasteiger partial charge in [-0.05, 0) is 24.6 Å². The van der Waals surface area contributed by atoms with Crippen molar-refractivity contribution in [3.8, 4) is 0 Å². The van der Waals surface area contributed by atoms with E-state index in [1.54, 1.807) is 38.2 Å². The summed E-state index contributed by atoms with van der Waals surface area (Å²) in [6.45, 7) is 5.85. The molecule has 2 N–H and O–H groups in total. The zero-order valence-electron chi connectivity index (χ0n) is 10.2. The van der Waals surface area contributed by atoms with Crippen LogP contribution >= 0.6 is 0 Å². The van der Waals surface area contributed by atoms with Crippen molar-refractivity contribution in [3.05, 3.63) is 42.0 Å². The summed E-state index contributed by atoms with van der Waals surface area (Å²) in [6, 6.07) is 6.84. The molecular weight excluding hydrogens is 236 g/mol. The molecule has 0 aliphatic carbocycles. The summed E-state index contributed by atoms with van der Waals surface area (Å²) in [7, 11) is -1.73. The molecule has 0 heterocycles. The molecule has 0 unspecified atom stereocenters. The van der Waals surface area contributed by atoms with Gasteiger partial charge in [-0.3, -0.25) is 0 Å². The number of anilines is 1. The van der Waals surface area contributed by atoms with Crippen LogP contribution in [0.15, 0.2) is 36.4 Å². The van der Waals surface area contributed by atoms with Crippen molar-refractivity contribution in [3.63, 3.8) is 0 Å². The second-order valence-corrected chi connectivity index (χ2v) is 6.29. The van der Waals surface area contributed by atoms with Gasteiger partial charge >= 0.3 is 0 Å². The standard InChI is InChI=1S/C12H18N2O2S/c1-10(2)8-14(3)17(15,16)9-11-4-6-12(13)7-5-11/h4-7H,1,8-9,13H2,2-3H3. The fourth-order valence-electron chi connectivity index (χ4n) is 1.41. The zero-order valence-corrected chi connectivity index (χ0v) is 11.0. The van der Waals surface area contributed by atoms with Crippen LogP contribution in [0, 0.1) is 0 Å². The second kappa shape index (κ2) is 5.33. The van der Waals surface area contributed by atoms with Gasteiger partial charge in [0.15, 0.2) is 0 Å². The fraction of sp³-hybridized carbons (Fsp3) is 0.333. The summed E-state index contributed by atoms with van der Waals surface area (Å²) in [6.07, 6.45) is 0. The van der Waals surface area contributed by atoms with Crippen molar-refractivity contribution in [1.29, 1.82) is 0 Å². The topological polar surface area (TPSA) is 63.4 Å². The number of nitrogens with two attached hydrogens (primary N) is 1. The molecule has 1 rings (SSSR count). The van der Waals surface area contributed by atoms with E-state index >= 15 is 0 Å². The number of rotatable bonds is 5. The van der Waals surface area contributed by atoms with Crippen LogP contribution in [0.5, 0.6) is 0 Å². The van der Waals surface area contributed by atoms with Crippen LogP contribution in [0.2, 0.25) is 0 Å².